The van der Waals surface area contributed by atoms with E-state index >= 15 is 0 Å². The molecule has 0 amide bonds. The highest BCUT2D eigenvalue weighted by atomic mass is 32.2. The van der Waals surface area contributed by atoms with Crippen LogP contribution in [0, 0.1) is 0 Å². The summed E-state index contributed by atoms with van der Waals surface area (Å²) in [7, 11) is 1.71. The lowest BCUT2D eigenvalue weighted by atomic mass is 10.1. The predicted molar refractivity (Wildman–Crippen MR) is 81.9 cm³/mol. The molecule has 0 saturated carbocycles. The third kappa shape index (κ3) is 2.95. The van der Waals surface area contributed by atoms with Crippen LogP contribution in [0.15, 0.2) is 48.5 Å². The normalized spacial score (nSPS) is 14.4. The number of thioether (sulfide) groups is 1. The van der Waals surface area contributed by atoms with Gasteiger partial charge in [0.2, 0.25) is 0 Å². The molecular formula is C17H18OS. The number of hydrogen-bond acceptors (Lipinski definition) is 2. The lowest BCUT2D eigenvalue weighted by Gasteiger charge is -2.09. The van der Waals surface area contributed by atoms with Crippen molar-refractivity contribution in [1.29, 1.82) is 0 Å². The van der Waals surface area contributed by atoms with Crippen molar-refractivity contribution >= 4 is 11.8 Å². The summed E-state index contributed by atoms with van der Waals surface area (Å²) in [6.07, 6.45) is 2.44. The standard InChI is InChI=1S/C17H18OS/c1-18-16-8-6-13(7-9-16)12-19-17-10-14-4-2-3-5-15(14)11-17/h2-9,17H,10-12H2,1H3. The summed E-state index contributed by atoms with van der Waals surface area (Å²) in [6.45, 7) is 0. The Morgan fingerprint density at radius 1 is 1.00 bits per heavy atom. The van der Waals surface area contributed by atoms with Crippen molar-refractivity contribution < 1.29 is 4.74 Å². The molecular weight excluding hydrogens is 252 g/mol. The summed E-state index contributed by atoms with van der Waals surface area (Å²) in [5.74, 6) is 2.02. The highest BCUT2D eigenvalue weighted by molar-refractivity contribution is 7.99. The molecule has 2 aromatic rings. The molecule has 0 radical (unpaired) electrons. The van der Waals surface area contributed by atoms with Gasteiger partial charge in [-0.1, -0.05) is 36.4 Å². The van der Waals surface area contributed by atoms with Crippen LogP contribution in [0.3, 0.4) is 0 Å². The Morgan fingerprint density at radius 2 is 1.63 bits per heavy atom. The van der Waals surface area contributed by atoms with Gasteiger partial charge in [0, 0.05) is 11.0 Å². The molecule has 19 heavy (non-hydrogen) atoms. The van der Waals surface area contributed by atoms with E-state index in [4.69, 9.17) is 4.74 Å². The van der Waals surface area contributed by atoms with E-state index in [9.17, 15) is 0 Å². The second kappa shape index (κ2) is 5.70. The Labute approximate surface area is 119 Å². The molecule has 0 fully saturated rings. The topological polar surface area (TPSA) is 9.23 Å². The van der Waals surface area contributed by atoms with Gasteiger partial charge in [-0.2, -0.15) is 11.8 Å². The molecule has 0 atom stereocenters. The third-order valence-corrected chi connectivity index (χ3v) is 4.96. The molecule has 1 nitrogen and oxygen atoms in total. The molecule has 0 heterocycles. The number of hydrogen-bond donors (Lipinski definition) is 0. The molecule has 0 saturated heterocycles. The number of benzene rings is 2. The summed E-state index contributed by atoms with van der Waals surface area (Å²) in [6, 6.07) is 17.2. The van der Waals surface area contributed by atoms with Crippen LogP contribution in [0.5, 0.6) is 5.75 Å². The van der Waals surface area contributed by atoms with Gasteiger partial charge in [0.1, 0.15) is 5.75 Å². The summed E-state index contributed by atoms with van der Waals surface area (Å²) >= 11 is 2.07. The molecule has 2 aromatic carbocycles. The number of methoxy groups -OCH3 is 1. The van der Waals surface area contributed by atoms with E-state index in [0.717, 1.165) is 16.8 Å². The van der Waals surface area contributed by atoms with E-state index in [1.807, 2.05) is 12.1 Å². The van der Waals surface area contributed by atoms with E-state index < -0.39 is 0 Å². The number of rotatable bonds is 4. The molecule has 0 unspecified atom stereocenters. The molecule has 0 aliphatic heterocycles. The van der Waals surface area contributed by atoms with E-state index in [-0.39, 0.29) is 0 Å². The first kappa shape index (κ1) is 12.6. The largest absolute Gasteiger partial charge is 0.497 e. The van der Waals surface area contributed by atoms with Crippen molar-refractivity contribution in [3.63, 3.8) is 0 Å². The Morgan fingerprint density at radius 3 is 2.21 bits per heavy atom. The van der Waals surface area contributed by atoms with E-state index in [2.05, 4.69) is 48.2 Å². The predicted octanol–water partition coefficient (Wildman–Crippen LogP) is 4.10. The van der Waals surface area contributed by atoms with Gasteiger partial charge in [-0.3, -0.25) is 0 Å². The number of ether oxygens (including phenoxy) is 1. The summed E-state index contributed by atoms with van der Waals surface area (Å²) in [4.78, 5) is 0. The van der Waals surface area contributed by atoms with Gasteiger partial charge in [0.15, 0.2) is 0 Å². The molecule has 1 aliphatic carbocycles. The van der Waals surface area contributed by atoms with Gasteiger partial charge < -0.3 is 4.74 Å². The first-order chi connectivity index (χ1) is 9.35. The average molecular weight is 270 g/mol. The molecule has 0 bridgehead atoms. The smallest absolute Gasteiger partial charge is 0.118 e. The monoisotopic (exact) mass is 270 g/mol. The van der Waals surface area contributed by atoms with E-state index in [0.29, 0.717) is 0 Å². The highest BCUT2D eigenvalue weighted by Crippen LogP contribution is 2.31. The van der Waals surface area contributed by atoms with Gasteiger partial charge in [-0.15, -0.1) is 0 Å². The zero-order valence-electron chi connectivity index (χ0n) is 11.1. The van der Waals surface area contributed by atoms with Gasteiger partial charge in [-0.05, 0) is 41.7 Å². The van der Waals surface area contributed by atoms with Crippen LogP contribution in [0.2, 0.25) is 0 Å². The van der Waals surface area contributed by atoms with Crippen molar-refractivity contribution in [2.45, 2.75) is 23.8 Å². The van der Waals surface area contributed by atoms with Crippen LogP contribution in [0.1, 0.15) is 16.7 Å². The summed E-state index contributed by atoms with van der Waals surface area (Å²) in [5, 5.41) is 0.736. The second-order valence-corrected chi connectivity index (χ2v) is 6.25. The van der Waals surface area contributed by atoms with Crippen molar-refractivity contribution in [2.75, 3.05) is 7.11 Å². The highest BCUT2D eigenvalue weighted by Gasteiger charge is 2.20. The number of fused-ring (bicyclic) bond motifs is 1. The van der Waals surface area contributed by atoms with E-state index in [1.54, 1.807) is 7.11 Å². The Kier molecular flexibility index (Phi) is 3.79. The SMILES string of the molecule is COc1ccc(CSC2Cc3ccccc3C2)cc1. The minimum Gasteiger partial charge on any atom is -0.497 e. The summed E-state index contributed by atoms with van der Waals surface area (Å²) < 4.78 is 5.18. The Bertz CT molecular complexity index is 522. The second-order valence-electron chi connectivity index (χ2n) is 4.96. The molecule has 2 heteroatoms. The molecule has 0 spiro atoms. The molecule has 0 aromatic heterocycles. The molecule has 1 aliphatic rings. The molecule has 3 rings (SSSR count). The third-order valence-electron chi connectivity index (χ3n) is 3.66. The van der Waals surface area contributed by atoms with Gasteiger partial charge in [0.25, 0.3) is 0 Å². The summed E-state index contributed by atoms with van der Waals surface area (Å²) in [5.41, 5.74) is 4.45. The fourth-order valence-electron chi connectivity index (χ4n) is 2.57. The quantitative estimate of drug-likeness (QED) is 0.827. The fourth-order valence-corrected chi connectivity index (χ4v) is 3.79. The average Bonchev–Trinajstić information content (AvgIpc) is 2.88. The zero-order chi connectivity index (χ0) is 13.1. The van der Waals surface area contributed by atoms with Crippen LogP contribution in [0.25, 0.3) is 0 Å². The maximum absolute atomic E-state index is 5.18. The van der Waals surface area contributed by atoms with Crippen LogP contribution in [-0.4, -0.2) is 12.4 Å². The van der Waals surface area contributed by atoms with Gasteiger partial charge in [-0.25, -0.2) is 0 Å². The van der Waals surface area contributed by atoms with E-state index in [1.165, 1.54) is 29.5 Å². The zero-order valence-corrected chi connectivity index (χ0v) is 12.0. The van der Waals surface area contributed by atoms with Crippen molar-refractivity contribution in [1.82, 2.24) is 0 Å². The maximum atomic E-state index is 5.18. The van der Waals surface area contributed by atoms with Gasteiger partial charge >= 0.3 is 0 Å². The van der Waals surface area contributed by atoms with Crippen molar-refractivity contribution in [3.8, 4) is 5.75 Å². The van der Waals surface area contributed by atoms with Crippen molar-refractivity contribution in [3.05, 3.63) is 65.2 Å². The van der Waals surface area contributed by atoms with Crippen LogP contribution >= 0.6 is 11.8 Å². The van der Waals surface area contributed by atoms with Crippen molar-refractivity contribution in [2.24, 2.45) is 0 Å². The van der Waals surface area contributed by atoms with Gasteiger partial charge in [0.05, 0.1) is 7.11 Å². The van der Waals surface area contributed by atoms with Crippen LogP contribution in [-0.2, 0) is 18.6 Å². The minimum absolute atomic E-state index is 0.736. The molecule has 98 valence electrons. The maximum Gasteiger partial charge on any atom is 0.118 e. The lowest BCUT2D eigenvalue weighted by molar-refractivity contribution is 0.414. The minimum atomic E-state index is 0.736. The first-order valence-electron chi connectivity index (χ1n) is 6.66. The first-order valence-corrected chi connectivity index (χ1v) is 7.71. The lowest BCUT2D eigenvalue weighted by Crippen LogP contribution is -2.01. The van der Waals surface area contributed by atoms with Crippen LogP contribution in [0.4, 0.5) is 0 Å². The van der Waals surface area contributed by atoms with Crippen LogP contribution < -0.4 is 4.74 Å². The Balaban J connectivity index is 1.56. The Hall–Kier alpha value is -1.41. The molecule has 0 N–H and O–H groups in total. The fraction of sp³-hybridized carbons (Fsp3) is 0.294.